The van der Waals surface area contributed by atoms with Gasteiger partial charge < -0.3 is 9.13 Å². The first-order valence-electron chi connectivity index (χ1n) is 15.8. The lowest BCUT2D eigenvalue weighted by molar-refractivity contribution is 1.18. The second-order valence-corrected chi connectivity index (χ2v) is 12.0. The predicted molar refractivity (Wildman–Crippen MR) is 199 cm³/mol. The van der Waals surface area contributed by atoms with E-state index in [9.17, 15) is 0 Å². The predicted octanol–water partition coefficient (Wildman–Crippen LogP) is 12.3. The van der Waals surface area contributed by atoms with Crippen molar-refractivity contribution in [2.24, 2.45) is 0 Å². The van der Waals surface area contributed by atoms with Crippen LogP contribution >= 0.6 is 0 Å². The summed E-state index contributed by atoms with van der Waals surface area (Å²) >= 11 is 0. The first-order valence-corrected chi connectivity index (χ1v) is 15.8. The van der Waals surface area contributed by atoms with E-state index in [-0.39, 0.29) is 0 Å². The van der Waals surface area contributed by atoms with E-state index in [1.54, 1.807) is 0 Å². The van der Waals surface area contributed by atoms with Gasteiger partial charge in [-0.25, -0.2) is 9.69 Å². The van der Waals surface area contributed by atoms with Crippen molar-refractivity contribution >= 4 is 55.0 Å². The van der Waals surface area contributed by atoms with Gasteiger partial charge in [0.05, 0.1) is 35.2 Å². The highest BCUT2D eigenvalue weighted by Gasteiger charge is 2.17. The minimum absolute atomic E-state index is 0.617. The summed E-state index contributed by atoms with van der Waals surface area (Å²) in [6.45, 7) is 15.5. The van der Waals surface area contributed by atoms with Crippen molar-refractivity contribution in [3.63, 3.8) is 0 Å². The Bertz CT molecular complexity index is 2750. The van der Waals surface area contributed by atoms with Crippen LogP contribution in [-0.2, 0) is 0 Å². The Morgan fingerprint density at radius 3 is 1.56 bits per heavy atom. The van der Waals surface area contributed by atoms with Gasteiger partial charge in [0.25, 0.3) is 0 Å². The SMILES string of the molecule is [C-]#[N+]c1ccc2c(c1)c1ccccc1n2-c1cc(-c2ccc(-n3c4ccccc4c4ccccc43)cc2)cc(-c2ccccc2[N+]#[C-])c1. The van der Waals surface area contributed by atoms with Gasteiger partial charge in [0, 0.05) is 27.5 Å². The smallest absolute Gasteiger partial charge is 0.194 e. The van der Waals surface area contributed by atoms with E-state index >= 15 is 0 Å². The minimum Gasteiger partial charge on any atom is -0.309 e. The first-order chi connectivity index (χ1) is 23.7. The molecule has 222 valence electrons. The minimum atomic E-state index is 0.617. The molecule has 0 bridgehead atoms. The van der Waals surface area contributed by atoms with Crippen LogP contribution in [0.1, 0.15) is 0 Å². The zero-order chi connectivity index (χ0) is 32.2. The van der Waals surface area contributed by atoms with E-state index in [2.05, 4.69) is 128 Å². The molecule has 0 aliphatic carbocycles. The fourth-order valence-electron chi connectivity index (χ4n) is 7.19. The van der Waals surface area contributed by atoms with Crippen LogP contribution in [0.5, 0.6) is 0 Å². The second kappa shape index (κ2) is 10.9. The highest BCUT2D eigenvalue weighted by molar-refractivity contribution is 6.11. The van der Waals surface area contributed by atoms with E-state index in [1.165, 1.54) is 21.8 Å². The lowest BCUT2D eigenvalue weighted by atomic mass is 9.96. The van der Waals surface area contributed by atoms with E-state index in [4.69, 9.17) is 13.1 Å². The molecule has 4 nitrogen and oxygen atoms in total. The Morgan fingerprint density at radius 1 is 0.375 bits per heavy atom. The summed E-state index contributed by atoms with van der Waals surface area (Å²) in [7, 11) is 0. The van der Waals surface area contributed by atoms with Crippen molar-refractivity contribution in [2.75, 3.05) is 0 Å². The zero-order valence-corrected chi connectivity index (χ0v) is 25.8. The highest BCUT2D eigenvalue weighted by Crippen LogP contribution is 2.40. The summed E-state index contributed by atoms with van der Waals surface area (Å²) in [4.78, 5) is 7.57. The van der Waals surface area contributed by atoms with Gasteiger partial charge in [-0.05, 0) is 88.3 Å². The van der Waals surface area contributed by atoms with Gasteiger partial charge in [0.1, 0.15) is 0 Å². The van der Waals surface area contributed by atoms with E-state index in [0.29, 0.717) is 11.4 Å². The molecule has 7 aromatic carbocycles. The van der Waals surface area contributed by atoms with Crippen LogP contribution in [-0.4, -0.2) is 9.13 Å². The lowest BCUT2D eigenvalue weighted by Crippen LogP contribution is -1.96. The molecular weight excluding hydrogens is 585 g/mol. The van der Waals surface area contributed by atoms with Crippen LogP contribution < -0.4 is 0 Å². The molecule has 2 heterocycles. The Balaban J connectivity index is 1.27. The monoisotopic (exact) mass is 610 g/mol. The van der Waals surface area contributed by atoms with Crippen LogP contribution in [0.25, 0.3) is 86.9 Å². The Labute approximate surface area is 277 Å². The van der Waals surface area contributed by atoms with Gasteiger partial charge in [-0.15, -0.1) is 0 Å². The van der Waals surface area contributed by atoms with E-state index in [1.807, 2.05) is 48.5 Å². The standard InChI is InChI=1S/C44H26N4/c1-45-32-21-24-44-39(28-32)38-14-6-10-18-43(38)48(44)34-26-30(25-31(27-34)35-11-3-7-15-40(35)46-2)29-19-22-33(23-20-29)47-41-16-8-4-12-36(41)37-13-5-9-17-42(37)47/h3-28H. The maximum absolute atomic E-state index is 7.90. The molecule has 0 aliphatic rings. The molecule has 0 spiro atoms. The van der Waals surface area contributed by atoms with Gasteiger partial charge in [0.2, 0.25) is 0 Å². The van der Waals surface area contributed by atoms with Crippen molar-refractivity contribution in [3.8, 4) is 33.6 Å². The molecule has 4 heteroatoms. The first kappa shape index (κ1) is 27.4. The molecule has 9 rings (SSSR count). The topological polar surface area (TPSA) is 18.6 Å². The molecule has 0 aliphatic heterocycles. The maximum Gasteiger partial charge on any atom is 0.194 e. The molecule has 0 atom stereocenters. The average Bonchev–Trinajstić information content (AvgIpc) is 3.67. The number of hydrogen-bond acceptors (Lipinski definition) is 0. The summed E-state index contributed by atoms with van der Waals surface area (Å²) in [6.07, 6.45) is 0. The Morgan fingerprint density at radius 2 is 0.917 bits per heavy atom. The van der Waals surface area contributed by atoms with Crippen LogP contribution in [0, 0.1) is 13.1 Å². The van der Waals surface area contributed by atoms with E-state index < -0.39 is 0 Å². The normalized spacial score (nSPS) is 11.3. The molecule has 2 aromatic heterocycles. The molecule has 0 amide bonds. The molecule has 0 fully saturated rings. The third kappa shape index (κ3) is 4.22. The van der Waals surface area contributed by atoms with Crippen molar-refractivity contribution in [1.29, 1.82) is 0 Å². The number of nitrogens with zero attached hydrogens (tertiary/aromatic N) is 4. The lowest BCUT2D eigenvalue weighted by Gasteiger charge is -2.15. The molecule has 0 radical (unpaired) electrons. The van der Waals surface area contributed by atoms with Crippen molar-refractivity contribution < 1.29 is 0 Å². The number of benzene rings is 7. The summed E-state index contributed by atoms with van der Waals surface area (Å²) in [5, 5.41) is 4.62. The molecule has 48 heavy (non-hydrogen) atoms. The second-order valence-electron chi connectivity index (χ2n) is 12.0. The zero-order valence-electron chi connectivity index (χ0n) is 25.8. The third-order valence-corrected chi connectivity index (χ3v) is 9.34. The van der Waals surface area contributed by atoms with Crippen LogP contribution in [0.2, 0.25) is 0 Å². The number of rotatable bonds is 4. The molecule has 0 unspecified atom stereocenters. The van der Waals surface area contributed by atoms with Gasteiger partial charge >= 0.3 is 0 Å². The summed E-state index contributed by atoms with van der Waals surface area (Å²) in [6, 6.07) is 54.6. The number of hydrogen-bond donors (Lipinski definition) is 0. The number of fused-ring (bicyclic) bond motifs is 6. The summed E-state index contributed by atoms with van der Waals surface area (Å²) in [5.74, 6) is 0. The van der Waals surface area contributed by atoms with Gasteiger partial charge in [0.15, 0.2) is 11.4 Å². The number of aromatic nitrogens is 2. The largest absolute Gasteiger partial charge is 0.309 e. The summed E-state index contributed by atoms with van der Waals surface area (Å²) in [5.41, 5.74) is 11.8. The van der Waals surface area contributed by atoms with Crippen molar-refractivity contribution in [1.82, 2.24) is 9.13 Å². The Kier molecular flexibility index (Phi) is 6.22. The number of para-hydroxylation sites is 4. The molecule has 0 saturated heterocycles. The fraction of sp³-hybridized carbons (Fsp3) is 0. The molecular formula is C44H26N4. The van der Waals surface area contributed by atoms with Crippen LogP contribution in [0.4, 0.5) is 11.4 Å². The van der Waals surface area contributed by atoms with Gasteiger partial charge in [-0.3, -0.25) is 0 Å². The quantitative estimate of drug-likeness (QED) is 0.177. The Hall–Kier alpha value is -6.88. The highest BCUT2D eigenvalue weighted by atomic mass is 15.0. The van der Waals surface area contributed by atoms with Crippen molar-refractivity contribution in [2.45, 2.75) is 0 Å². The molecule has 0 saturated carbocycles. The van der Waals surface area contributed by atoms with Crippen LogP contribution in [0.3, 0.4) is 0 Å². The third-order valence-electron chi connectivity index (χ3n) is 9.34. The van der Waals surface area contributed by atoms with Gasteiger partial charge in [-0.2, -0.15) is 0 Å². The summed E-state index contributed by atoms with van der Waals surface area (Å²) < 4.78 is 4.61. The average molecular weight is 611 g/mol. The van der Waals surface area contributed by atoms with E-state index in [0.717, 1.165) is 55.4 Å². The maximum atomic E-state index is 7.90. The van der Waals surface area contributed by atoms with Crippen LogP contribution in [0.15, 0.2) is 158 Å². The molecule has 0 N–H and O–H groups in total. The molecule has 9 aromatic rings. The fourth-order valence-corrected chi connectivity index (χ4v) is 7.19. The van der Waals surface area contributed by atoms with Crippen molar-refractivity contribution in [3.05, 3.63) is 181 Å². The van der Waals surface area contributed by atoms with Gasteiger partial charge in [-0.1, -0.05) is 97.1 Å².